The molecule has 2 nitrogen and oxygen atoms in total. The van der Waals surface area contributed by atoms with Crippen LogP contribution in [0, 0.1) is 0 Å². The molecule has 0 aliphatic heterocycles. The highest BCUT2D eigenvalue weighted by Crippen LogP contribution is 2.17. The lowest BCUT2D eigenvalue weighted by Gasteiger charge is -2.20. The topological polar surface area (TPSA) is 26.3 Å². The lowest BCUT2D eigenvalue weighted by atomic mass is 9.96. The highest BCUT2D eigenvalue weighted by atomic mass is 16.5. The van der Waals surface area contributed by atoms with Crippen LogP contribution in [0.5, 0.6) is 0 Å². The van der Waals surface area contributed by atoms with E-state index in [4.69, 9.17) is 4.74 Å². The van der Waals surface area contributed by atoms with Gasteiger partial charge in [0.15, 0.2) is 5.78 Å². The largest absolute Gasteiger partial charge is 0.370 e. The number of ether oxygens (including phenoxy) is 1. The number of carbonyl (C=O) groups excluding carboxylic acids is 1. The number of Topliss-reactive ketones (excluding diaryl/α,β-unsaturated/α-hetero) is 1. The highest BCUT2D eigenvalue weighted by Gasteiger charge is 2.21. The third-order valence-corrected chi connectivity index (χ3v) is 2.02. The predicted octanol–water partition coefficient (Wildman–Crippen LogP) is 1.92. The summed E-state index contributed by atoms with van der Waals surface area (Å²) in [4.78, 5) is 11.2. The normalized spacial score (nSPS) is 25.5. The van der Waals surface area contributed by atoms with Crippen molar-refractivity contribution in [2.45, 2.75) is 45.1 Å². The van der Waals surface area contributed by atoms with Gasteiger partial charge >= 0.3 is 0 Å². The van der Waals surface area contributed by atoms with E-state index in [-0.39, 0.29) is 6.10 Å². The van der Waals surface area contributed by atoms with Crippen LogP contribution in [0.25, 0.3) is 0 Å². The van der Waals surface area contributed by atoms with E-state index in [2.05, 4.69) is 6.92 Å². The zero-order valence-corrected chi connectivity index (χ0v) is 7.14. The van der Waals surface area contributed by atoms with Crippen LogP contribution in [-0.4, -0.2) is 18.5 Å². The van der Waals surface area contributed by atoms with Gasteiger partial charge in [0.05, 0.1) is 0 Å². The molecule has 0 heterocycles. The second kappa shape index (κ2) is 4.50. The van der Waals surface area contributed by atoms with Crippen LogP contribution in [0.15, 0.2) is 0 Å². The first-order chi connectivity index (χ1) is 5.34. The summed E-state index contributed by atoms with van der Waals surface area (Å²) in [6.45, 7) is 2.80. The van der Waals surface area contributed by atoms with Gasteiger partial charge < -0.3 is 4.74 Å². The number of carbonyl (C=O) groups is 1. The van der Waals surface area contributed by atoms with Gasteiger partial charge in [-0.15, -0.1) is 0 Å². The summed E-state index contributed by atoms with van der Waals surface area (Å²) in [5.41, 5.74) is 0. The second-order valence-corrected chi connectivity index (χ2v) is 3.07. The molecule has 0 radical (unpaired) electrons. The van der Waals surface area contributed by atoms with E-state index in [1.807, 2.05) is 0 Å². The molecule has 0 aromatic rings. The van der Waals surface area contributed by atoms with Gasteiger partial charge in [-0.2, -0.15) is 0 Å². The molecule has 0 amide bonds. The molecule has 1 saturated carbocycles. The fraction of sp³-hybridized carbons (Fsp3) is 0.889. The van der Waals surface area contributed by atoms with Crippen LogP contribution in [0.1, 0.15) is 39.0 Å². The number of hydrogen-bond acceptors (Lipinski definition) is 2. The Morgan fingerprint density at radius 2 is 2.36 bits per heavy atom. The zero-order chi connectivity index (χ0) is 8.10. The van der Waals surface area contributed by atoms with Crippen LogP contribution >= 0.6 is 0 Å². The summed E-state index contributed by atoms with van der Waals surface area (Å²) < 4.78 is 5.39. The molecule has 0 aromatic carbocycles. The van der Waals surface area contributed by atoms with Crippen molar-refractivity contribution in [3.05, 3.63) is 0 Å². The fourth-order valence-corrected chi connectivity index (χ4v) is 1.39. The first-order valence-electron chi connectivity index (χ1n) is 4.49. The first-order valence-corrected chi connectivity index (χ1v) is 4.49. The van der Waals surface area contributed by atoms with E-state index in [1.165, 1.54) is 0 Å². The van der Waals surface area contributed by atoms with Crippen molar-refractivity contribution in [3.8, 4) is 0 Å². The zero-order valence-electron chi connectivity index (χ0n) is 7.14. The molecule has 1 atom stereocenters. The minimum atomic E-state index is -0.0660. The molecule has 0 spiro atoms. The van der Waals surface area contributed by atoms with E-state index < -0.39 is 0 Å². The van der Waals surface area contributed by atoms with Gasteiger partial charge in [-0.3, -0.25) is 4.79 Å². The van der Waals surface area contributed by atoms with Crippen molar-refractivity contribution in [2.24, 2.45) is 0 Å². The van der Waals surface area contributed by atoms with Gasteiger partial charge in [0.1, 0.15) is 6.10 Å². The summed E-state index contributed by atoms with van der Waals surface area (Å²) in [7, 11) is 0. The van der Waals surface area contributed by atoms with E-state index in [0.29, 0.717) is 5.78 Å². The number of hydrogen-bond donors (Lipinski definition) is 0. The Labute approximate surface area is 67.9 Å². The molecular weight excluding hydrogens is 140 g/mol. The molecule has 0 unspecified atom stereocenters. The van der Waals surface area contributed by atoms with Crippen LogP contribution in [0.3, 0.4) is 0 Å². The van der Waals surface area contributed by atoms with Gasteiger partial charge in [0.2, 0.25) is 0 Å². The van der Waals surface area contributed by atoms with Crippen molar-refractivity contribution in [3.63, 3.8) is 0 Å². The SMILES string of the molecule is CCCO[C@@H]1CCCCC1=O. The van der Waals surface area contributed by atoms with Gasteiger partial charge in [-0.1, -0.05) is 6.92 Å². The molecular formula is C9H16O2. The maximum atomic E-state index is 11.2. The summed E-state index contributed by atoms with van der Waals surface area (Å²) in [6, 6.07) is 0. The predicted molar refractivity (Wildman–Crippen MR) is 43.5 cm³/mol. The minimum Gasteiger partial charge on any atom is -0.370 e. The van der Waals surface area contributed by atoms with Crippen molar-refractivity contribution in [1.82, 2.24) is 0 Å². The second-order valence-electron chi connectivity index (χ2n) is 3.07. The van der Waals surface area contributed by atoms with E-state index in [1.54, 1.807) is 0 Å². The molecule has 0 N–H and O–H groups in total. The van der Waals surface area contributed by atoms with Crippen LogP contribution in [-0.2, 0) is 9.53 Å². The lowest BCUT2D eigenvalue weighted by Crippen LogP contribution is -2.27. The van der Waals surface area contributed by atoms with Crippen molar-refractivity contribution in [2.75, 3.05) is 6.61 Å². The average Bonchev–Trinajstić information content (AvgIpc) is 2.03. The molecule has 0 saturated heterocycles. The molecule has 11 heavy (non-hydrogen) atoms. The molecule has 1 rings (SSSR count). The van der Waals surface area contributed by atoms with Crippen molar-refractivity contribution >= 4 is 5.78 Å². The van der Waals surface area contributed by atoms with Crippen LogP contribution in [0.2, 0.25) is 0 Å². The standard InChI is InChI=1S/C9H16O2/c1-2-7-11-9-6-4-3-5-8(9)10/h9H,2-7H2,1H3/t9-/m1/s1. The first kappa shape index (κ1) is 8.72. The molecule has 2 heteroatoms. The third-order valence-electron chi connectivity index (χ3n) is 2.02. The summed E-state index contributed by atoms with van der Waals surface area (Å²) in [5, 5.41) is 0. The Morgan fingerprint density at radius 3 is 3.00 bits per heavy atom. The Bertz CT molecular complexity index is 132. The third kappa shape index (κ3) is 2.62. The van der Waals surface area contributed by atoms with Crippen molar-refractivity contribution < 1.29 is 9.53 Å². The quantitative estimate of drug-likeness (QED) is 0.624. The lowest BCUT2D eigenvalue weighted by molar-refractivity contribution is -0.133. The Kier molecular flexibility index (Phi) is 3.57. The molecule has 64 valence electrons. The minimum absolute atomic E-state index is 0.0660. The summed E-state index contributed by atoms with van der Waals surface area (Å²) in [5.74, 6) is 0.310. The molecule has 0 bridgehead atoms. The fourth-order valence-electron chi connectivity index (χ4n) is 1.39. The van der Waals surface area contributed by atoms with Crippen LogP contribution < -0.4 is 0 Å². The van der Waals surface area contributed by atoms with Crippen LogP contribution in [0.4, 0.5) is 0 Å². The molecule has 1 aliphatic rings. The van der Waals surface area contributed by atoms with Gasteiger partial charge in [-0.05, 0) is 25.7 Å². The molecule has 1 aliphatic carbocycles. The van der Waals surface area contributed by atoms with E-state index >= 15 is 0 Å². The smallest absolute Gasteiger partial charge is 0.161 e. The number of ketones is 1. The molecule has 0 aromatic heterocycles. The Balaban J connectivity index is 2.24. The number of rotatable bonds is 3. The van der Waals surface area contributed by atoms with E-state index in [0.717, 1.165) is 38.7 Å². The monoisotopic (exact) mass is 156 g/mol. The van der Waals surface area contributed by atoms with Gasteiger partial charge in [0.25, 0.3) is 0 Å². The maximum Gasteiger partial charge on any atom is 0.161 e. The van der Waals surface area contributed by atoms with Gasteiger partial charge in [0, 0.05) is 13.0 Å². The summed E-state index contributed by atoms with van der Waals surface area (Å²) >= 11 is 0. The summed E-state index contributed by atoms with van der Waals surface area (Å²) in [6.07, 6.45) is 4.82. The highest BCUT2D eigenvalue weighted by molar-refractivity contribution is 5.83. The molecule has 1 fully saturated rings. The Hall–Kier alpha value is -0.370. The Morgan fingerprint density at radius 1 is 1.55 bits per heavy atom. The van der Waals surface area contributed by atoms with E-state index in [9.17, 15) is 4.79 Å². The average molecular weight is 156 g/mol. The maximum absolute atomic E-state index is 11.2. The van der Waals surface area contributed by atoms with Gasteiger partial charge in [-0.25, -0.2) is 0 Å². The van der Waals surface area contributed by atoms with Crippen molar-refractivity contribution in [1.29, 1.82) is 0 Å².